The summed E-state index contributed by atoms with van der Waals surface area (Å²) in [6.07, 6.45) is -0.722. The number of anilines is 1. The molecular formula is C9H10BrI2NO2. The molecule has 1 atom stereocenters. The maximum absolute atomic E-state index is 9.23. The predicted molar refractivity (Wildman–Crippen MR) is 81.2 cm³/mol. The maximum atomic E-state index is 9.23. The molecule has 0 aliphatic heterocycles. The van der Waals surface area contributed by atoms with E-state index in [1.54, 1.807) is 0 Å². The van der Waals surface area contributed by atoms with Crippen LogP contribution in [-0.2, 0) is 0 Å². The molecule has 0 aliphatic rings. The summed E-state index contributed by atoms with van der Waals surface area (Å²) < 4.78 is 3.19. The highest BCUT2D eigenvalue weighted by Gasteiger charge is 2.08. The third kappa shape index (κ3) is 4.33. The van der Waals surface area contributed by atoms with Crippen LogP contribution in [0.3, 0.4) is 0 Å². The van der Waals surface area contributed by atoms with E-state index in [2.05, 4.69) is 66.4 Å². The van der Waals surface area contributed by atoms with Crippen molar-refractivity contribution in [2.24, 2.45) is 0 Å². The molecule has 0 amide bonds. The van der Waals surface area contributed by atoms with Gasteiger partial charge in [0.25, 0.3) is 0 Å². The number of aliphatic hydroxyl groups excluding tert-OH is 2. The number of hydrogen-bond donors (Lipinski definition) is 3. The maximum Gasteiger partial charge on any atom is 0.0942 e. The fraction of sp³-hybridized carbons (Fsp3) is 0.333. The number of benzene rings is 1. The first-order chi connectivity index (χ1) is 7.04. The van der Waals surface area contributed by atoms with Gasteiger partial charge in [0.15, 0.2) is 0 Å². The summed E-state index contributed by atoms with van der Waals surface area (Å²) in [5.74, 6) is 0. The summed E-state index contributed by atoms with van der Waals surface area (Å²) in [5, 5.41) is 21.0. The molecule has 1 aromatic rings. The van der Waals surface area contributed by atoms with Crippen molar-refractivity contribution in [2.75, 3.05) is 18.5 Å². The van der Waals surface area contributed by atoms with Crippen molar-refractivity contribution in [1.82, 2.24) is 0 Å². The second kappa shape index (κ2) is 6.58. The van der Waals surface area contributed by atoms with Crippen molar-refractivity contribution < 1.29 is 10.2 Å². The molecule has 0 radical (unpaired) electrons. The van der Waals surface area contributed by atoms with Crippen LogP contribution in [0.15, 0.2) is 16.6 Å². The Morgan fingerprint density at radius 1 is 1.33 bits per heavy atom. The van der Waals surface area contributed by atoms with Gasteiger partial charge in [0.1, 0.15) is 0 Å². The monoisotopic (exact) mass is 497 g/mol. The first-order valence-corrected chi connectivity index (χ1v) is 7.17. The number of hydrogen-bond acceptors (Lipinski definition) is 3. The van der Waals surface area contributed by atoms with Crippen LogP contribution in [0.2, 0.25) is 0 Å². The highest BCUT2D eigenvalue weighted by atomic mass is 127. The van der Waals surface area contributed by atoms with Gasteiger partial charge in [-0.3, -0.25) is 0 Å². The van der Waals surface area contributed by atoms with Crippen molar-refractivity contribution in [2.45, 2.75) is 6.10 Å². The molecule has 6 heteroatoms. The van der Waals surface area contributed by atoms with E-state index in [1.165, 1.54) is 0 Å². The van der Waals surface area contributed by atoms with Gasteiger partial charge in [-0.2, -0.15) is 0 Å². The van der Waals surface area contributed by atoms with Crippen molar-refractivity contribution in [3.05, 3.63) is 23.7 Å². The Balaban J connectivity index is 2.77. The largest absolute Gasteiger partial charge is 0.394 e. The number of aliphatic hydroxyl groups is 2. The molecule has 0 spiro atoms. The van der Waals surface area contributed by atoms with Crippen LogP contribution in [0, 0.1) is 7.14 Å². The van der Waals surface area contributed by atoms with Gasteiger partial charge in [0, 0.05) is 18.2 Å². The summed E-state index contributed by atoms with van der Waals surface area (Å²) in [6.45, 7) is 0.126. The quantitative estimate of drug-likeness (QED) is 0.560. The zero-order valence-electron chi connectivity index (χ0n) is 7.67. The number of rotatable bonds is 4. The Kier molecular flexibility index (Phi) is 6.11. The molecule has 0 heterocycles. The third-order valence-corrected chi connectivity index (χ3v) is 3.89. The fourth-order valence-electron chi connectivity index (χ4n) is 0.996. The molecule has 0 bridgehead atoms. The summed E-state index contributed by atoms with van der Waals surface area (Å²) in [7, 11) is 0. The van der Waals surface area contributed by atoms with Gasteiger partial charge in [-0.15, -0.1) is 0 Å². The van der Waals surface area contributed by atoms with Crippen molar-refractivity contribution in [3.8, 4) is 0 Å². The Morgan fingerprint density at radius 2 is 1.87 bits per heavy atom. The van der Waals surface area contributed by atoms with E-state index in [4.69, 9.17) is 5.11 Å². The molecular weight excluding hydrogens is 488 g/mol. The molecule has 84 valence electrons. The minimum absolute atomic E-state index is 0.226. The van der Waals surface area contributed by atoms with Gasteiger partial charge in [-0.1, -0.05) is 15.9 Å². The summed E-state index contributed by atoms with van der Waals surface area (Å²) in [5.41, 5.74) is 0.993. The fourth-order valence-corrected chi connectivity index (χ4v) is 4.46. The minimum Gasteiger partial charge on any atom is -0.394 e. The van der Waals surface area contributed by atoms with E-state index >= 15 is 0 Å². The van der Waals surface area contributed by atoms with Gasteiger partial charge >= 0.3 is 0 Å². The lowest BCUT2D eigenvalue weighted by atomic mass is 10.3. The predicted octanol–water partition coefficient (Wildman–Crippen LogP) is 2.42. The zero-order chi connectivity index (χ0) is 11.4. The molecule has 3 N–H and O–H groups in total. The van der Waals surface area contributed by atoms with E-state index in [0.717, 1.165) is 17.3 Å². The van der Waals surface area contributed by atoms with E-state index < -0.39 is 6.10 Å². The molecule has 0 fully saturated rings. The normalized spacial score (nSPS) is 12.6. The van der Waals surface area contributed by atoms with Gasteiger partial charge in [-0.05, 0) is 57.3 Å². The lowest BCUT2D eigenvalue weighted by molar-refractivity contribution is 0.105. The SMILES string of the molecule is OCC(O)CNc1c(I)cc(Br)cc1I. The third-order valence-electron chi connectivity index (χ3n) is 1.73. The van der Waals surface area contributed by atoms with Gasteiger partial charge < -0.3 is 15.5 Å². The number of halogens is 3. The topological polar surface area (TPSA) is 52.5 Å². The molecule has 1 aromatic carbocycles. The van der Waals surface area contributed by atoms with Gasteiger partial charge in [0.2, 0.25) is 0 Å². The Labute approximate surface area is 124 Å². The van der Waals surface area contributed by atoms with Crippen LogP contribution >= 0.6 is 61.1 Å². The molecule has 0 saturated carbocycles. The highest BCUT2D eigenvalue weighted by molar-refractivity contribution is 14.1. The van der Waals surface area contributed by atoms with Crippen LogP contribution < -0.4 is 5.32 Å². The van der Waals surface area contributed by atoms with Crippen LogP contribution in [0.4, 0.5) is 5.69 Å². The van der Waals surface area contributed by atoms with E-state index in [0.29, 0.717) is 6.54 Å². The van der Waals surface area contributed by atoms with Crippen LogP contribution in [0.5, 0.6) is 0 Å². The van der Waals surface area contributed by atoms with Crippen molar-refractivity contribution in [1.29, 1.82) is 0 Å². The van der Waals surface area contributed by atoms with E-state index in [9.17, 15) is 5.11 Å². The van der Waals surface area contributed by atoms with Gasteiger partial charge in [0.05, 0.1) is 18.4 Å². The van der Waals surface area contributed by atoms with Crippen molar-refractivity contribution >= 4 is 66.8 Å². The molecule has 0 saturated heterocycles. The standard InChI is InChI=1S/C9H10BrI2NO2/c10-5-1-7(11)9(8(12)2-5)13-3-6(15)4-14/h1-2,6,13-15H,3-4H2. The zero-order valence-corrected chi connectivity index (χ0v) is 13.6. The van der Waals surface area contributed by atoms with Crippen LogP contribution in [0.25, 0.3) is 0 Å². The smallest absolute Gasteiger partial charge is 0.0942 e. The highest BCUT2D eigenvalue weighted by Crippen LogP contribution is 2.28. The number of nitrogens with one attached hydrogen (secondary N) is 1. The Morgan fingerprint density at radius 3 is 2.33 bits per heavy atom. The second-order valence-electron chi connectivity index (χ2n) is 2.96. The van der Waals surface area contributed by atoms with E-state index in [-0.39, 0.29) is 6.61 Å². The molecule has 0 aromatic heterocycles. The minimum atomic E-state index is -0.722. The average Bonchev–Trinajstić information content (AvgIpc) is 2.15. The first kappa shape index (κ1) is 13.9. The van der Waals surface area contributed by atoms with Crippen molar-refractivity contribution in [3.63, 3.8) is 0 Å². The molecule has 0 aliphatic carbocycles. The molecule has 1 unspecified atom stereocenters. The molecule has 15 heavy (non-hydrogen) atoms. The van der Waals surface area contributed by atoms with Crippen LogP contribution in [0.1, 0.15) is 0 Å². The van der Waals surface area contributed by atoms with E-state index in [1.807, 2.05) is 12.1 Å². The summed E-state index contributed by atoms with van der Waals surface area (Å²) in [6, 6.07) is 3.99. The molecule has 1 rings (SSSR count). The average molecular weight is 498 g/mol. The van der Waals surface area contributed by atoms with Crippen LogP contribution in [-0.4, -0.2) is 29.5 Å². The summed E-state index contributed by atoms with van der Waals surface area (Å²) in [4.78, 5) is 0. The lowest BCUT2D eigenvalue weighted by Crippen LogP contribution is -2.23. The Hall–Kier alpha value is 0.880. The van der Waals surface area contributed by atoms with Gasteiger partial charge in [-0.25, -0.2) is 0 Å². The first-order valence-electron chi connectivity index (χ1n) is 4.22. The molecule has 3 nitrogen and oxygen atoms in total. The second-order valence-corrected chi connectivity index (χ2v) is 6.20. The lowest BCUT2D eigenvalue weighted by Gasteiger charge is -2.13. The summed E-state index contributed by atoms with van der Waals surface area (Å²) >= 11 is 7.87. The Bertz CT molecular complexity index is 326.